The Morgan fingerprint density at radius 3 is 2.08 bits per heavy atom. The van der Waals surface area contributed by atoms with Gasteiger partial charge in [-0.1, -0.05) is 60.7 Å². The van der Waals surface area contributed by atoms with E-state index in [1.807, 2.05) is 36.4 Å². The molecule has 0 spiro atoms. The molecule has 25 heavy (non-hydrogen) atoms. The van der Waals surface area contributed by atoms with Gasteiger partial charge in [-0.2, -0.15) is 0 Å². The summed E-state index contributed by atoms with van der Waals surface area (Å²) >= 11 is 0. The lowest BCUT2D eigenvalue weighted by Gasteiger charge is -2.30. The molecule has 2 atom stereocenters. The Bertz CT molecular complexity index is 647. The summed E-state index contributed by atoms with van der Waals surface area (Å²) in [6.07, 6.45) is 1.65. The Labute approximate surface area is 149 Å². The summed E-state index contributed by atoms with van der Waals surface area (Å²) in [4.78, 5) is 14.3. The lowest BCUT2D eigenvalue weighted by Crippen LogP contribution is -2.40. The highest BCUT2D eigenvalue weighted by atomic mass is 16.5. The van der Waals surface area contributed by atoms with Crippen LogP contribution < -0.4 is 0 Å². The standard InChI is InChI=1S/C21H25NO3/c1-25-20(23)21(24)13-12-19(14-21)22(15-17-8-4-2-5-9-17)16-18-10-6-3-7-11-18/h2-11,19,24H,12-16H2,1H3. The van der Waals surface area contributed by atoms with E-state index in [-0.39, 0.29) is 6.04 Å². The van der Waals surface area contributed by atoms with Gasteiger partial charge < -0.3 is 9.84 Å². The molecule has 4 heteroatoms. The van der Waals surface area contributed by atoms with Crippen molar-refractivity contribution in [3.05, 3.63) is 71.8 Å². The number of carbonyl (C=O) groups excluding carboxylic acids is 1. The molecule has 1 N–H and O–H groups in total. The molecule has 2 aromatic carbocycles. The fraction of sp³-hybridized carbons (Fsp3) is 0.381. The number of benzene rings is 2. The largest absolute Gasteiger partial charge is 0.467 e. The van der Waals surface area contributed by atoms with Crippen LogP contribution in [0.2, 0.25) is 0 Å². The van der Waals surface area contributed by atoms with Gasteiger partial charge in [-0.25, -0.2) is 4.79 Å². The summed E-state index contributed by atoms with van der Waals surface area (Å²) in [5.74, 6) is -0.519. The molecule has 0 aromatic heterocycles. The van der Waals surface area contributed by atoms with Crippen LogP contribution in [0.4, 0.5) is 0 Å². The van der Waals surface area contributed by atoms with E-state index < -0.39 is 11.6 Å². The summed E-state index contributed by atoms with van der Waals surface area (Å²) in [7, 11) is 1.33. The van der Waals surface area contributed by atoms with Gasteiger partial charge in [-0.05, 0) is 24.0 Å². The number of rotatable bonds is 6. The van der Waals surface area contributed by atoms with Gasteiger partial charge in [0, 0.05) is 25.6 Å². The first-order chi connectivity index (χ1) is 12.1. The first-order valence-electron chi connectivity index (χ1n) is 8.73. The van der Waals surface area contributed by atoms with Crippen LogP contribution in [0.5, 0.6) is 0 Å². The molecule has 4 nitrogen and oxygen atoms in total. The maximum Gasteiger partial charge on any atom is 0.337 e. The van der Waals surface area contributed by atoms with Crippen LogP contribution in [-0.2, 0) is 22.6 Å². The monoisotopic (exact) mass is 339 g/mol. The van der Waals surface area contributed by atoms with Crippen molar-refractivity contribution in [2.45, 2.75) is 44.0 Å². The van der Waals surface area contributed by atoms with Crippen LogP contribution in [0.15, 0.2) is 60.7 Å². The van der Waals surface area contributed by atoms with Crippen molar-refractivity contribution >= 4 is 5.97 Å². The lowest BCUT2D eigenvalue weighted by molar-refractivity contribution is -0.162. The first-order valence-corrected chi connectivity index (χ1v) is 8.73. The molecule has 2 unspecified atom stereocenters. The molecule has 1 fully saturated rings. The molecule has 2 aromatic rings. The minimum absolute atomic E-state index is 0.143. The van der Waals surface area contributed by atoms with E-state index in [9.17, 15) is 9.90 Å². The van der Waals surface area contributed by atoms with Crippen molar-refractivity contribution < 1.29 is 14.6 Å². The maximum absolute atomic E-state index is 11.9. The third kappa shape index (κ3) is 4.27. The van der Waals surface area contributed by atoms with Crippen LogP contribution in [0.3, 0.4) is 0 Å². The quantitative estimate of drug-likeness (QED) is 0.822. The smallest absolute Gasteiger partial charge is 0.337 e. The lowest BCUT2D eigenvalue weighted by atomic mass is 10.0. The molecular weight excluding hydrogens is 314 g/mol. The molecule has 3 rings (SSSR count). The summed E-state index contributed by atoms with van der Waals surface area (Å²) in [6, 6.07) is 20.8. The van der Waals surface area contributed by atoms with E-state index in [2.05, 4.69) is 29.2 Å². The number of ether oxygens (including phenoxy) is 1. The zero-order valence-electron chi connectivity index (χ0n) is 14.6. The van der Waals surface area contributed by atoms with Crippen molar-refractivity contribution in [1.82, 2.24) is 4.90 Å². The molecule has 0 amide bonds. The molecule has 1 aliphatic rings. The van der Waals surface area contributed by atoms with Crippen LogP contribution in [0.1, 0.15) is 30.4 Å². The maximum atomic E-state index is 11.9. The van der Waals surface area contributed by atoms with Gasteiger partial charge >= 0.3 is 5.97 Å². The fourth-order valence-electron chi connectivity index (χ4n) is 3.64. The number of esters is 1. The molecule has 132 valence electrons. The Morgan fingerprint density at radius 1 is 1.08 bits per heavy atom. The van der Waals surface area contributed by atoms with Gasteiger partial charge in [0.15, 0.2) is 5.60 Å². The predicted octanol–water partition coefficient (Wildman–Crippen LogP) is 3.15. The third-order valence-electron chi connectivity index (χ3n) is 5.00. The molecule has 1 aliphatic carbocycles. The minimum Gasteiger partial charge on any atom is -0.467 e. The highest BCUT2D eigenvalue weighted by Gasteiger charge is 2.46. The van der Waals surface area contributed by atoms with Gasteiger partial charge in [0.1, 0.15) is 0 Å². The third-order valence-corrected chi connectivity index (χ3v) is 5.00. The summed E-state index contributed by atoms with van der Waals surface area (Å²) in [5.41, 5.74) is 1.10. The van der Waals surface area contributed by atoms with Gasteiger partial charge in [-0.3, -0.25) is 4.90 Å². The fourth-order valence-corrected chi connectivity index (χ4v) is 3.64. The molecular formula is C21H25NO3. The number of carbonyl (C=O) groups is 1. The SMILES string of the molecule is COC(=O)C1(O)CCC(N(Cc2ccccc2)Cc2ccccc2)C1. The molecule has 1 saturated carbocycles. The van der Waals surface area contributed by atoms with Crippen molar-refractivity contribution in [1.29, 1.82) is 0 Å². The van der Waals surface area contributed by atoms with Crippen LogP contribution in [-0.4, -0.2) is 34.7 Å². The average Bonchev–Trinajstić information content (AvgIpc) is 3.06. The number of aliphatic hydroxyl groups is 1. The second kappa shape index (κ2) is 7.81. The molecule has 0 bridgehead atoms. The number of hydrogen-bond donors (Lipinski definition) is 1. The Kier molecular flexibility index (Phi) is 5.51. The van der Waals surface area contributed by atoms with Gasteiger partial charge in [0.2, 0.25) is 0 Å². The van der Waals surface area contributed by atoms with E-state index in [4.69, 9.17) is 4.74 Å². The van der Waals surface area contributed by atoms with Gasteiger partial charge in [0.05, 0.1) is 7.11 Å². The second-order valence-electron chi connectivity index (χ2n) is 6.80. The number of methoxy groups -OCH3 is 1. The van der Waals surface area contributed by atoms with Crippen molar-refractivity contribution in [3.8, 4) is 0 Å². The molecule has 0 aliphatic heterocycles. The van der Waals surface area contributed by atoms with E-state index in [1.165, 1.54) is 18.2 Å². The van der Waals surface area contributed by atoms with E-state index in [0.717, 1.165) is 19.5 Å². The van der Waals surface area contributed by atoms with Crippen molar-refractivity contribution in [3.63, 3.8) is 0 Å². The highest BCUT2D eigenvalue weighted by molar-refractivity contribution is 5.79. The Morgan fingerprint density at radius 2 is 1.60 bits per heavy atom. The molecule has 0 radical (unpaired) electrons. The van der Waals surface area contributed by atoms with Crippen molar-refractivity contribution in [2.75, 3.05) is 7.11 Å². The minimum atomic E-state index is -1.36. The van der Waals surface area contributed by atoms with Gasteiger partial charge in [-0.15, -0.1) is 0 Å². The van der Waals surface area contributed by atoms with Gasteiger partial charge in [0.25, 0.3) is 0 Å². The zero-order valence-corrected chi connectivity index (χ0v) is 14.6. The topological polar surface area (TPSA) is 49.8 Å². The van der Waals surface area contributed by atoms with Crippen molar-refractivity contribution in [2.24, 2.45) is 0 Å². The van der Waals surface area contributed by atoms with Crippen LogP contribution >= 0.6 is 0 Å². The summed E-state index contributed by atoms with van der Waals surface area (Å²) < 4.78 is 4.79. The Balaban J connectivity index is 1.78. The number of hydrogen-bond acceptors (Lipinski definition) is 4. The predicted molar refractivity (Wildman–Crippen MR) is 96.7 cm³/mol. The normalized spacial score (nSPS) is 22.9. The molecule has 0 saturated heterocycles. The van der Waals surface area contributed by atoms with E-state index in [0.29, 0.717) is 12.8 Å². The zero-order chi connectivity index (χ0) is 17.7. The van der Waals surface area contributed by atoms with Crippen LogP contribution in [0, 0.1) is 0 Å². The average molecular weight is 339 g/mol. The van der Waals surface area contributed by atoms with E-state index >= 15 is 0 Å². The summed E-state index contributed by atoms with van der Waals surface area (Å²) in [5, 5.41) is 10.6. The summed E-state index contributed by atoms with van der Waals surface area (Å²) in [6.45, 7) is 1.58. The van der Waals surface area contributed by atoms with E-state index in [1.54, 1.807) is 0 Å². The highest BCUT2D eigenvalue weighted by Crippen LogP contribution is 2.35. The second-order valence-corrected chi connectivity index (χ2v) is 6.80. The Hall–Kier alpha value is -2.17. The van der Waals surface area contributed by atoms with Crippen LogP contribution in [0.25, 0.3) is 0 Å². The first kappa shape index (κ1) is 17.6. The number of nitrogens with zero attached hydrogens (tertiary/aromatic N) is 1. The molecule has 0 heterocycles.